The molecule has 0 saturated carbocycles. The van der Waals surface area contributed by atoms with Gasteiger partial charge < -0.3 is 19.6 Å². The van der Waals surface area contributed by atoms with E-state index < -0.39 is 42.0 Å². The summed E-state index contributed by atoms with van der Waals surface area (Å²) >= 11 is 0. The van der Waals surface area contributed by atoms with Crippen LogP contribution in [0.5, 0.6) is 0 Å². The first-order valence-corrected chi connectivity index (χ1v) is 12.6. The average Bonchev–Trinajstić information content (AvgIpc) is 2.82. The van der Waals surface area contributed by atoms with Gasteiger partial charge in [0.2, 0.25) is 0 Å². The summed E-state index contributed by atoms with van der Waals surface area (Å²) in [7, 11) is 0. The fraction of sp³-hybridized carbons (Fsp3) is 0.680. The van der Waals surface area contributed by atoms with Gasteiger partial charge in [0.1, 0.15) is 0 Å². The third-order valence-electron chi connectivity index (χ3n) is 7.79. The molecule has 0 bridgehead atoms. The van der Waals surface area contributed by atoms with E-state index in [0.29, 0.717) is 56.6 Å². The Morgan fingerprint density at radius 2 is 1.74 bits per heavy atom. The van der Waals surface area contributed by atoms with Crippen LogP contribution < -0.4 is 4.90 Å². The smallest absolute Gasteiger partial charge is 0.425 e. The molecule has 0 aliphatic carbocycles. The fourth-order valence-electron chi connectivity index (χ4n) is 5.57. The Bertz CT molecular complexity index is 1030. The summed E-state index contributed by atoms with van der Waals surface area (Å²) in [5.74, 6) is -1.58. The molecule has 1 spiro atoms. The molecule has 13 heteroatoms. The molecule has 3 aliphatic rings. The van der Waals surface area contributed by atoms with E-state index in [4.69, 9.17) is 0 Å². The Balaban J connectivity index is 1.36. The molecule has 212 valence electrons. The number of likely N-dealkylation sites (tertiary alicyclic amines) is 2. The van der Waals surface area contributed by atoms with E-state index in [-0.39, 0.29) is 31.6 Å². The largest absolute Gasteiger partial charge is 0.481 e. The second-order valence-corrected chi connectivity index (χ2v) is 10.7. The molecule has 1 aromatic carbocycles. The summed E-state index contributed by atoms with van der Waals surface area (Å²) in [6, 6.07) is 3.87. The van der Waals surface area contributed by atoms with Crippen molar-refractivity contribution in [3.05, 3.63) is 29.3 Å². The maximum absolute atomic E-state index is 13.7. The summed E-state index contributed by atoms with van der Waals surface area (Å²) in [6.45, 7) is 3.42. The number of benzene rings is 1. The van der Waals surface area contributed by atoms with Crippen molar-refractivity contribution in [2.24, 2.45) is 11.3 Å². The second-order valence-electron chi connectivity index (χ2n) is 10.7. The van der Waals surface area contributed by atoms with Gasteiger partial charge in [0, 0.05) is 51.5 Å². The predicted molar refractivity (Wildman–Crippen MR) is 125 cm³/mol. The van der Waals surface area contributed by atoms with E-state index in [2.05, 4.69) is 4.74 Å². The second kappa shape index (κ2) is 10.5. The minimum atomic E-state index is -4.63. The molecular formula is C25H31F6N3O4. The number of carboxylic acid groups (broad SMARTS) is 1. The van der Waals surface area contributed by atoms with Crippen molar-refractivity contribution in [1.82, 2.24) is 9.80 Å². The lowest BCUT2D eigenvalue weighted by molar-refractivity contribution is -0.200. The Morgan fingerprint density at radius 1 is 1.08 bits per heavy atom. The van der Waals surface area contributed by atoms with Crippen LogP contribution in [0, 0.1) is 11.3 Å². The van der Waals surface area contributed by atoms with Gasteiger partial charge in [-0.15, -0.1) is 0 Å². The lowest BCUT2D eigenvalue weighted by atomic mass is 9.72. The number of carboxylic acids is 1. The molecule has 4 rings (SSSR count). The Morgan fingerprint density at radius 3 is 2.32 bits per heavy atom. The van der Waals surface area contributed by atoms with Crippen molar-refractivity contribution in [1.29, 1.82) is 0 Å². The molecule has 1 unspecified atom stereocenters. The minimum Gasteiger partial charge on any atom is -0.481 e. The van der Waals surface area contributed by atoms with Crippen molar-refractivity contribution in [3.63, 3.8) is 0 Å². The summed E-state index contributed by atoms with van der Waals surface area (Å²) in [5.41, 5.74) is -0.0869. The summed E-state index contributed by atoms with van der Waals surface area (Å²) in [6.07, 6.45) is -10.2. The fourth-order valence-corrected chi connectivity index (χ4v) is 5.57. The number of ether oxygens (including phenoxy) is 1. The van der Waals surface area contributed by atoms with Crippen LogP contribution in [-0.2, 0) is 22.3 Å². The number of carbonyl (C=O) groups excluding carboxylic acids is 1. The molecule has 3 heterocycles. The van der Waals surface area contributed by atoms with E-state index >= 15 is 0 Å². The van der Waals surface area contributed by atoms with Gasteiger partial charge in [0.25, 0.3) is 0 Å². The maximum atomic E-state index is 13.7. The first-order valence-electron chi connectivity index (χ1n) is 12.6. The zero-order chi connectivity index (χ0) is 27.9. The number of alkyl halides is 6. The molecule has 38 heavy (non-hydrogen) atoms. The first kappa shape index (κ1) is 28.3. The molecule has 0 aromatic heterocycles. The van der Waals surface area contributed by atoms with Crippen LogP contribution in [0.2, 0.25) is 0 Å². The number of aliphatic carboxylic acids is 1. The topological polar surface area (TPSA) is 73.3 Å². The van der Waals surface area contributed by atoms with Gasteiger partial charge >= 0.3 is 24.4 Å². The highest BCUT2D eigenvalue weighted by Gasteiger charge is 2.46. The molecular weight excluding hydrogens is 520 g/mol. The molecule has 2 atom stereocenters. The number of hydrogen-bond donors (Lipinski definition) is 1. The molecule has 1 amide bonds. The van der Waals surface area contributed by atoms with Crippen LogP contribution >= 0.6 is 0 Å². The van der Waals surface area contributed by atoms with Crippen molar-refractivity contribution in [3.8, 4) is 0 Å². The minimum absolute atomic E-state index is 0.140. The Hall–Kier alpha value is -2.70. The molecule has 3 aliphatic heterocycles. The Kier molecular flexibility index (Phi) is 7.79. The zero-order valence-electron chi connectivity index (χ0n) is 20.9. The maximum Gasteiger partial charge on any atom is 0.425 e. The third-order valence-corrected chi connectivity index (χ3v) is 7.79. The van der Waals surface area contributed by atoms with Crippen LogP contribution in [0.4, 0.5) is 36.8 Å². The van der Waals surface area contributed by atoms with E-state index in [1.165, 1.54) is 4.90 Å². The number of halogens is 6. The van der Waals surface area contributed by atoms with Crippen molar-refractivity contribution >= 4 is 17.7 Å². The standard InChI is InChI=1S/C25H31F6N3O4/c1-16(24(26,27)28)38-22(37)33-7-4-23(5-8-33)14-32(15-23)12-17-9-19(25(29,30)31)11-20(10-17)34-6-2-3-18(13-34)21(35)36/h9-11,16,18H,2-8,12-15H2,1H3,(H,35,36)/t16?,18-/m1/s1. The number of piperidine rings is 2. The highest BCUT2D eigenvalue weighted by Crippen LogP contribution is 2.42. The quantitative estimate of drug-likeness (QED) is 0.520. The zero-order valence-corrected chi connectivity index (χ0v) is 20.9. The normalized spacial score (nSPS) is 23.2. The molecule has 3 fully saturated rings. The molecule has 7 nitrogen and oxygen atoms in total. The number of carbonyl (C=O) groups is 2. The first-order chi connectivity index (χ1) is 17.6. The number of anilines is 1. The van der Waals surface area contributed by atoms with Gasteiger partial charge in [0.15, 0.2) is 6.10 Å². The summed E-state index contributed by atoms with van der Waals surface area (Å²) in [4.78, 5) is 28.5. The van der Waals surface area contributed by atoms with E-state index in [1.807, 2.05) is 4.90 Å². The van der Waals surface area contributed by atoms with Gasteiger partial charge in [-0.05, 0) is 61.8 Å². The van der Waals surface area contributed by atoms with E-state index in [9.17, 15) is 41.0 Å². The number of nitrogens with zero attached hydrogens (tertiary/aromatic N) is 3. The van der Waals surface area contributed by atoms with Gasteiger partial charge in [-0.1, -0.05) is 0 Å². The lowest BCUT2D eigenvalue weighted by Crippen LogP contribution is -2.60. The van der Waals surface area contributed by atoms with Crippen molar-refractivity contribution < 1.29 is 45.8 Å². The monoisotopic (exact) mass is 551 g/mol. The molecule has 1 aromatic rings. The predicted octanol–water partition coefficient (Wildman–Crippen LogP) is 4.99. The van der Waals surface area contributed by atoms with E-state index in [1.54, 1.807) is 11.0 Å². The van der Waals surface area contributed by atoms with Gasteiger partial charge in [-0.2, -0.15) is 26.3 Å². The highest BCUT2D eigenvalue weighted by molar-refractivity contribution is 5.71. The van der Waals surface area contributed by atoms with Crippen molar-refractivity contribution in [2.45, 2.75) is 57.6 Å². The highest BCUT2D eigenvalue weighted by atomic mass is 19.4. The van der Waals surface area contributed by atoms with Gasteiger partial charge in [-0.25, -0.2) is 4.79 Å². The van der Waals surface area contributed by atoms with Crippen LogP contribution in [0.3, 0.4) is 0 Å². The van der Waals surface area contributed by atoms with Crippen LogP contribution in [-0.4, -0.2) is 78.5 Å². The van der Waals surface area contributed by atoms with Crippen LogP contribution in [0.25, 0.3) is 0 Å². The van der Waals surface area contributed by atoms with E-state index in [0.717, 1.165) is 19.1 Å². The molecule has 1 N–H and O–H groups in total. The molecule has 0 radical (unpaired) electrons. The SMILES string of the molecule is CC(OC(=O)N1CCC2(CC1)CN(Cc1cc(N3CCC[C@@H](C(=O)O)C3)cc(C(F)(F)F)c1)C2)C(F)(F)F. The lowest BCUT2D eigenvalue weighted by Gasteiger charge is -2.54. The van der Waals surface area contributed by atoms with Crippen LogP contribution in [0.1, 0.15) is 43.7 Å². The Labute approximate surface area is 216 Å². The third kappa shape index (κ3) is 6.47. The number of rotatable bonds is 5. The van der Waals surface area contributed by atoms with Crippen molar-refractivity contribution in [2.75, 3.05) is 44.2 Å². The summed E-state index contributed by atoms with van der Waals surface area (Å²) < 4.78 is 83.5. The van der Waals surface area contributed by atoms with Gasteiger partial charge in [0.05, 0.1) is 11.5 Å². The average molecular weight is 552 g/mol. The summed E-state index contributed by atoms with van der Waals surface area (Å²) in [5, 5.41) is 9.35. The number of amides is 1. The van der Waals surface area contributed by atoms with Crippen LogP contribution in [0.15, 0.2) is 18.2 Å². The molecule has 3 saturated heterocycles. The van der Waals surface area contributed by atoms with Gasteiger partial charge in [-0.3, -0.25) is 9.69 Å². The number of hydrogen-bond acceptors (Lipinski definition) is 5.